The van der Waals surface area contributed by atoms with Gasteiger partial charge in [-0.1, -0.05) is 25.1 Å². The largest absolute Gasteiger partial charge is 0.481 e. The van der Waals surface area contributed by atoms with Crippen molar-refractivity contribution in [1.82, 2.24) is 9.88 Å². The van der Waals surface area contributed by atoms with Gasteiger partial charge in [0.2, 0.25) is 0 Å². The maximum Gasteiger partial charge on any atom is 0.308 e. The average Bonchev–Trinajstić information content (AvgIpc) is 2.63. The number of aromatic amines is 1. The molecule has 140 valence electrons. The number of rotatable bonds is 9. The molecule has 0 fully saturated rings. The van der Waals surface area contributed by atoms with Crippen molar-refractivity contribution in [2.24, 2.45) is 5.92 Å². The number of aromatic nitrogens is 1. The van der Waals surface area contributed by atoms with Gasteiger partial charge in [-0.25, -0.2) is 0 Å². The lowest BCUT2D eigenvalue weighted by Gasteiger charge is -2.24. The molecule has 1 atom stereocenters. The molecule has 2 rings (SSSR count). The molecule has 0 spiro atoms. The first-order valence-electron chi connectivity index (χ1n) is 8.66. The summed E-state index contributed by atoms with van der Waals surface area (Å²) in [6, 6.07) is 8.63. The maximum absolute atomic E-state index is 12.9. The minimum absolute atomic E-state index is 0.0646. The highest BCUT2D eigenvalue weighted by molar-refractivity contribution is 5.96. The number of amides is 1. The normalized spacial score (nSPS) is 12.1. The molecule has 0 bridgehead atoms. The van der Waals surface area contributed by atoms with Crippen molar-refractivity contribution in [3.63, 3.8) is 0 Å². The number of carboxylic acid groups (broad SMARTS) is 1. The second-order valence-corrected chi connectivity index (χ2v) is 6.14. The fourth-order valence-corrected chi connectivity index (χ4v) is 2.68. The van der Waals surface area contributed by atoms with E-state index in [-0.39, 0.29) is 17.8 Å². The Morgan fingerprint density at radius 3 is 2.73 bits per heavy atom. The lowest BCUT2D eigenvalue weighted by molar-refractivity contribution is -0.141. The molecule has 0 saturated carbocycles. The van der Waals surface area contributed by atoms with E-state index in [1.807, 2.05) is 6.92 Å². The summed E-state index contributed by atoms with van der Waals surface area (Å²) < 4.78 is 5.29. The molecule has 0 aliphatic heterocycles. The predicted molar refractivity (Wildman–Crippen MR) is 98.4 cm³/mol. The molecular weight excluding hydrogens is 336 g/mol. The quantitative estimate of drug-likeness (QED) is 0.667. The van der Waals surface area contributed by atoms with Crippen LogP contribution in [0.3, 0.4) is 0 Å². The number of benzene rings is 1. The van der Waals surface area contributed by atoms with Crippen molar-refractivity contribution in [3.8, 4) is 0 Å². The maximum atomic E-state index is 12.9. The van der Waals surface area contributed by atoms with Crippen molar-refractivity contribution >= 4 is 22.6 Å². The summed E-state index contributed by atoms with van der Waals surface area (Å²) in [5.41, 5.74) is -0.185. The fourth-order valence-electron chi connectivity index (χ4n) is 2.68. The molecular formula is C19H24N2O5. The third-order valence-corrected chi connectivity index (χ3v) is 4.11. The Labute approximate surface area is 151 Å². The molecule has 2 aromatic rings. The van der Waals surface area contributed by atoms with Gasteiger partial charge in [0.05, 0.1) is 5.92 Å². The van der Waals surface area contributed by atoms with E-state index < -0.39 is 17.8 Å². The van der Waals surface area contributed by atoms with Crippen LogP contribution in [-0.4, -0.2) is 53.2 Å². The van der Waals surface area contributed by atoms with Gasteiger partial charge in [-0.3, -0.25) is 14.4 Å². The van der Waals surface area contributed by atoms with Crippen LogP contribution in [0.2, 0.25) is 0 Å². The fraction of sp³-hybridized carbons (Fsp3) is 0.421. The molecule has 1 unspecified atom stereocenters. The van der Waals surface area contributed by atoms with Gasteiger partial charge in [0.1, 0.15) is 5.69 Å². The summed E-state index contributed by atoms with van der Waals surface area (Å²) in [6.45, 7) is 4.91. The number of carbonyl (C=O) groups is 2. The number of hydrogen-bond donors (Lipinski definition) is 2. The Bertz CT molecular complexity index is 830. The topological polar surface area (TPSA) is 99.7 Å². The number of nitrogens with one attached hydrogen (secondary N) is 1. The van der Waals surface area contributed by atoms with Crippen molar-refractivity contribution in [2.75, 3.05) is 26.3 Å². The molecule has 0 radical (unpaired) electrons. The number of ether oxygens (including phenoxy) is 1. The van der Waals surface area contributed by atoms with Crippen LogP contribution in [0.25, 0.3) is 10.8 Å². The van der Waals surface area contributed by atoms with E-state index in [4.69, 9.17) is 9.84 Å². The molecule has 0 aliphatic carbocycles. The van der Waals surface area contributed by atoms with Gasteiger partial charge in [-0.15, -0.1) is 0 Å². The second kappa shape index (κ2) is 9.15. The lowest BCUT2D eigenvalue weighted by atomic mass is 10.1. The molecule has 0 saturated heterocycles. The van der Waals surface area contributed by atoms with Crippen LogP contribution in [0.15, 0.2) is 35.1 Å². The van der Waals surface area contributed by atoms with Gasteiger partial charge < -0.3 is 19.7 Å². The van der Waals surface area contributed by atoms with Crippen LogP contribution in [0.4, 0.5) is 0 Å². The third kappa shape index (κ3) is 4.92. The molecule has 26 heavy (non-hydrogen) atoms. The van der Waals surface area contributed by atoms with Crippen molar-refractivity contribution in [3.05, 3.63) is 46.4 Å². The molecule has 0 aliphatic rings. The number of carboxylic acids is 1. The van der Waals surface area contributed by atoms with Gasteiger partial charge >= 0.3 is 5.97 Å². The predicted octanol–water partition coefficient (Wildman–Crippen LogP) is 2.12. The zero-order valence-corrected chi connectivity index (χ0v) is 15.0. The summed E-state index contributed by atoms with van der Waals surface area (Å²) in [5, 5.41) is 10.3. The Morgan fingerprint density at radius 2 is 2.04 bits per heavy atom. The summed E-state index contributed by atoms with van der Waals surface area (Å²) in [6.07, 6.45) is 0.587. The number of aliphatic carboxylic acids is 1. The first-order valence-corrected chi connectivity index (χ1v) is 8.66. The van der Waals surface area contributed by atoms with E-state index in [1.54, 1.807) is 37.3 Å². The van der Waals surface area contributed by atoms with Crippen LogP contribution in [0, 0.1) is 5.92 Å². The molecule has 2 N–H and O–H groups in total. The average molecular weight is 360 g/mol. The first-order chi connectivity index (χ1) is 12.4. The molecule has 1 aromatic heterocycles. The summed E-state index contributed by atoms with van der Waals surface area (Å²) in [5.74, 6) is -2.07. The van der Waals surface area contributed by atoms with Crippen LogP contribution in [-0.2, 0) is 9.53 Å². The minimum atomic E-state index is -0.973. The van der Waals surface area contributed by atoms with Crippen LogP contribution in [0.5, 0.6) is 0 Å². The first kappa shape index (κ1) is 19.7. The summed E-state index contributed by atoms with van der Waals surface area (Å²) in [4.78, 5) is 40.3. The minimum Gasteiger partial charge on any atom is -0.481 e. The van der Waals surface area contributed by atoms with Crippen LogP contribution < -0.4 is 5.56 Å². The van der Waals surface area contributed by atoms with E-state index in [0.717, 1.165) is 0 Å². The van der Waals surface area contributed by atoms with Gasteiger partial charge in [0, 0.05) is 31.7 Å². The molecule has 7 nitrogen and oxygen atoms in total. The zero-order chi connectivity index (χ0) is 19.1. The van der Waals surface area contributed by atoms with E-state index in [9.17, 15) is 14.4 Å². The van der Waals surface area contributed by atoms with Gasteiger partial charge in [0.15, 0.2) is 0 Å². The Balaban J connectivity index is 2.26. The second-order valence-electron chi connectivity index (χ2n) is 6.14. The number of nitrogens with zero attached hydrogens (tertiary/aromatic N) is 1. The molecule has 1 amide bonds. The number of pyridine rings is 1. The standard InChI is InChI=1S/C19H24N2O5/c1-3-26-10-6-9-21(12-13(2)19(24)25)18(23)16-11-14-7-4-5-8-15(14)17(22)20-16/h4-5,7-8,11,13H,3,6,9-10,12H2,1-2H3,(H,20,22)(H,24,25). The highest BCUT2D eigenvalue weighted by atomic mass is 16.5. The number of fused-ring (bicyclic) bond motifs is 1. The number of hydrogen-bond acceptors (Lipinski definition) is 4. The van der Waals surface area contributed by atoms with Gasteiger partial charge in [0.25, 0.3) is 11.5 Å². The Hall–Kier alpha value is -2.67. The van der Waals surface area contributed by atoms with E-state index in [1.165, 1.54) is 4.90 Å². The number of H-pyrrole nitrogens is 1. The van der Waals surface area contributed by atoms with Crippen molar-refractivity contribution in [2.45, 2.75) is 20.3 Å². The van der Waals surface area contributed by atoms with Gasteiger partial charge in [-0.05, 0) is 30.9 Å². The highest BCUT2D eigenvalue weighted by Crippen LogP contribution is 2.13. The molecule has 1 heterocycles. The summed E-state index contributed by atoms with van der Waals surface area (Å²) in [7, 11) is 0. The smallest absolute Gasteiger partial charge is 0.308 e. The highest BCUT2D eigenvalue weighted by Gasteiger charge is 2.22. The SMILES string of the molecule is CCOCCCN(CC(C)C(=O)O)C(=O)c1cc2ccccc2c(=O)[nH]1. The zero-order valence-electron chi connectivity index (χ0n) is 15.0. The van der Waals surface area contributed by atoms with E-state index in [2.05, 4.69) is 4.98 Å². The number of carbonyl (C=O) groups excluding carboxylic acids is 1. The van der Waals surface area contributed by atoms with E-state index >= 15 is 0 Å². The van der Waals surface area contributed by atoms with Crippen molar-refractivity contribution < 1.29 is 19.4 Å². The lowest BCUT2D eigenvalue weighted by Crippen LogP contribution is -2.39. The monoisotopic (exact) mass is 360 g/mol. The Morgan fingerprint density at radius 1 is 1.31 bits per heavy atom. The van der Waals surface area contributed by atoms with Crippen LogP contribution in [0.1, 0.15) is 30.8 Å². The summed E-state index contributed by atoms with van der Waals surface area (Å²) >= 11 is 0. The van der Waals surface area contributed by atoms with Gasteiger partial charge in [-0.2, -0.15) is 0 Å². The molecule has 7 heteroatoms. The Kier molecular flexibility index (Phi) is 6.91. The van der Waals surface area contributed by atoms with Crippen molar-refractivity contribution in [1.29, 1.82) is 0 Å². The molecule has 1 aromatic carbocycles. The van der Waals surface area contributed by atoms with Crippen LogP contribution >= 0.6 is 0 Å². The van der Waals surface area contributed by atoms with E-state index in [0.29, 0.717) is 37.0 Å². The third-order valence-electron chi connectivity index (χ3n) is 4.11.